The molecule has 65 heavy (non-hydrogen) atoms. The Labute approximate surface area is 394 Å². The maximum Gasteiger partial charge on any atom is 0.264 e. The molecule has 4 saturated carbocycles. The Morgan fingerprint density at radius 2 is 1.18 bits per heavy atom. The van der Waals surface area contributed by atoms with Crippen molar-refractivity contribution in [2.24, 2.45) is 11.8 Å². The molecule has 2 saturated heterocycles. The Kier molecular flexibility index (Phi) is 14.1. The fourth-order valence-corrected chi connectivity index (χ4v) is 14.0. The van der Waals surface area contributed by atoms with Gasteiger partial charge in [-0.3, -0.25) is 14.0 Å². The number of phenols is 1. The number of halogens is 1. The number of ether oxygens (including phenoxy) is 4. The molecule has 4 bridgehead atoms. The van der Waals surface area contributed by atoms with Gasteiger partial charge in [-0.15, -0.1) is 0 Å². The second-order valence-corrected chi connectivity index (χ2v) is 21.9. The van der Waals surface area contributed by atoms with E-state index in [-0.39, 0.29) is 25.3 Å². The highest BCUT2D eigenvalue weighted by Crippen LogP contribution is 2.67. The number of aromatic hydroxyl groups is 1. The van der Waals surface area contributed by atoms with Gasteiger partial charge >= 0.3 is 0 Å². The molecule has 4 heterocycles. The summed E-state index contributed by atoms with van der Waals surface area (Å²) in [5.41, 5.74) is 1.69. The van der Waals surface area contributed by atoms with Crippen LogP contribution in [0.3, 0.4) is 0 Å². The van der Waals surface area contributed by atoms with E-state index >= 15 is 0 Å². The van der Waals surface area contributed by atoms with Gasteiger partial charge in [0.15, 0.2) is 23.0 Å². The highest BCUT2D eigenvalue weighted by atomic mass is 79.9. The number of alkyl halides is 1. The van der Waals surface area contributed by atoms with E-state index in [0.29, 0.717) is 50.4 Å². The largest absolute Gasteiger partial charge is 0.504 e. The molecule has 364 valence electrons. The van der Waals surface area contributed by atoms with Crippen LogP contribution in [0.15, 0.2) is 24.3 Å². The number of likely N-dealkylation sites (tertiary alicyclic amines) is 2. The van der Waals surface area contributed by atoms with E-state index < -0.39 is 56.6 Å². The number of benzene rings is 2. The molecule has 0 amide bonds. The van der Waals surface area contributed by atoms with E-state index in [0.717, 1.165) is 93.9 Å². The lowest BCUT2D eigenvalue weighted by Crippen LogP contribution is -2.77. The van der Waals surface area contributed by atoms with Crippen molar-refractivity contribution >= 4 is 26.0 Å². The van der Waals surface area contributed by atoms with Crippen LogP contribution in [0.4, 0.5) is 0 Å². The fourth-order valence-electron chi connectivity index (χ4n) is 14.0. The second-order valence-electron chi connectivity index (χ2n) is 20.2. The molecule has 4 aliphatic heterocycles. The minimum absolute atomic E-state index is 0. The molecular weight excluding hydrogens is 921 g/mol. The Bertz CT molecular complexity index is 2160. The van der Waals surface area contributed by atoms with Gasteiger partial charge < -0.3 is 44.5 Å². The molecule has 5 N–H and O–H groups in total. The number of rotatable bonds is 9. The van der Waals surface area contributed by atoms with Crippen LogP contribution in [0.5, 0.6) is 23.0 Å². The first-order valence-electron chi connectivity index (χ1n) is 23.6. The number of hydrogen-bond donors (Lipinski definition) is 5. The molecule has 6 fully saturated rings. The summed E-state index contributed by atoms with van der Waals surface area (Å²) in [5.74, 6) is 5.47. The second kappa shape index (κ2) is 18.6. The maximum absolute atomic E-state index is 12.3. The van der Waals surface area contributed by atoms with Gasteiger partial charge in [-0.25, -0.2) is 0 Å². The van der Waals surface area contributed by atoms with Crippen molar-refractivity contribution < 1.29 is 57.1 Å². The van der Waals surface area contributed by atoms with Crippen LogP contribution in [0, 0.1) is 11.8 Å². The lowest BCUT2D eigenvalue weighted by molar-refractivity contribution is -0.209. The molecule has 0 aromatic heterocycles. The van der Waals surface area contributed by atoms with Crippen molar-refractivity contribution in [2.75, 3.05) is 65.7 Å². The lowest BCUT2D eigenvalue weighted by atomic mass is 9.48. The van der Waals surface area contributed by atoms with Gasteiger partial charge in [0.2, 0.25) is 0 Å². The average Bonchev–Trinajstić information content (AvgIpc) is 3.79. The van der Waals surface area contributed by atoms with Crippen LogP contribution in [0.25, 0.3) is 0 Å². The number of methoxy groups -OCH3 is 1. The molecule has 10 atom stereocenters. The Morgan fingerprint density at radius 3 is 1.63 bits per heavy atom. The maximum atomic E-state index is 12.3. The third-order valence-electron chi connectivity index (χ3n) is 17.4. The van der Waals surface area contributed by atoms with Crippen LogP contribution in [0.1, 0.15) is 107 Å². The van der Waals surface area contributed by atoms with E-state index in [1.54, 1.807) is 13.2 Å². The first kappa shape index (κ1) is 49.2. The van der Waals surface area contributed by atoms with Crippen LogP contribution < -0.4 is 14.2 Å². The number of phenolic OH excluding ortho intramolecular Hbond substituents is 1. The van der Waals surface area contributed by atoms with E-state index in [9.17, 15) is 34.0 Å². The molecule has 2 spiro atoms. The smallest absolute Gasteiger partial charge is 0.264 e. The van der Waals surface area contributed by atoms with Crippen molar-refractivity contribution in [3.63, 3.8) is 0 Å². The van der Waals surface area contributed by atoms with Gasteiger partial charge in [0.1, 0.15) is 18.8 Å². The van der Waals surface area contributed by atoms with Crippen LogP contribution in [-0.2, 0) is 42.7 Å². The Balaban J connectivity index is 0.000000152. The molecule has 14 nitrogen and oxygen atoms in total. The zero-order valence-electron chi connectivity index (χ0n) is 37.8. The summed E-state index contributed by atoms with van der Waals surface area (Å²) < 4.78 is 47.2. The zero-order chi connectivity index (χ0) is 45.4. The molecule has 2 aromatic carbocycles. The monoisotopic (exact) mass is 992 g/mol. The normalized spacial score (nSPS) is 36.7. The zero-order valence-corrected chi connectivity index (χ0v) is 40.2. The molecule has 10 aliphatic rings. The van der Waals surface area contributed by atoms with Gasteiger partial charge in [-0.05, 0) is 131 Å². The van der Waals surface area contributed by atoms with Crippen molar-refractivity contribution in [2.45, 2.75) is 156 Å². The van der Waals surface area contributed by atoms with Crippen LogP contribution in [0.2, 0.25) is 0 Å². The number of aliphatic hydroxyl groups excluding tert-OH is 2. The summed E-state index contributed by atoms with van der Waals surface area (Å²) in [6.07, 6.45) is 12.6. The molecular formula is C49H73BrN2O12S. The number of aliphatic hydroxyl groups is 4. The predicted octanol–water partition coefficient (Wildman–Crippen LogP) is 4.97. The topological polar surface area (TPSA) is 188 Å². The Morgan fingerprint density at radius 1 is 0.723 bits per heavy atom. The van der Waals surface area contributed by atoms with Crippen molar-refractivity contribution in [3.8, 4) is 23.0 Å². The third kappa shape index (κ3) is 7.65. The molecule has 12 rings (SSSR count). The highest BCUT2D eigenvalue weighted by molar-refractivity contribution is 9.08. The summed E-state index contributed by atoms with van der Waals surface area (Å²) in [5, 5.41) is 56.5. The van der Waals surface area contributed by atoms with Gasteiger partial charge in [-0.1, -0.05) is 48.3 Å². The molecule has 2 aromatic rings. The summed E-state index contributed by atoms with van der Waals surface area (Å²) in [7, 11) is -0.382. The summed E-state index contributed by atoms with van der Waals surface area (Å²) >= 11 is 2.94. The van der Waals surface area contributed by atoms with Crippen molar-refractivity contribution in [1.82, 2.24) is 9.80 Å². The summed E-state index contributed by atoms with van der Waals surface area (Å²) in [6.45, 7) is 5.03. The molecule has 6 aliphatic carbocycles. The van der Waals surface area contributed by atoms with Gasteiger partial charge in [0, 0.05) is 43.4 Å². The lowest BCUT2D eigenvalue weighted by Gasteiger charge is -2.64. The first-order valence-corrected chi connectivity index (χ1v) is 27.0. The van der Waals surface area contributed by atoms with Crippen molar-refractivity contribution in [3.05, 3.63) is 46.5 Å². The number of nitrogens with zero attached hydrogens (tertiary/aromatic N) is 2. The van der Waals surface area contributed by atoms with E-state index in [2.05, 4.69) is 36.0 Å². The van der Waals surface area contributed by atoms with Gasteiger partial charge in [0.25, 0.3) is 10.1 Å². The van der Waals surface area contributed by atoms with Crippen molar-refractivity contribution in [1.29, 1.82) is 0 Å². The summed E-state index contributed by atoms with van der Waals surface area (Å²) in [4.78, 5) is 5.09. The minimum atomic E-state index is -3.16. The predicted molar refractivity (Wildman–Crippen MR) is 250 cm³/mol. The molecule has 0 radical (unpaired) electrons. The van der Waals surface area contributed by atoms with Gasteiger partial charge in [0.05, 0.1) is 54.2 Å². The van der Waals surface area contributed by atoms with E-state index in [1.165, 1.54) is 49.7 Å². The quantitative estimate of drug-likeness (QED) is 0.129. The van der Waals surface area contributed by atoms with Crippen LogP contribution >= 0.6 is 15.9 Å². The standard InChI is InChI=1S/C24H33NO5.C21H27NO4.C2H6O3S.CH3Br.CH4/c1-28-11-12-29-18-6-5-16-13-19-24(27)8-7-17(26)22-23(24,20(16)21(18)30-22)9-10-25(19)14-15-3-2-4-15;23-14-5-4-13-10-16-21(25)7-6-15(24)19-20(21,17(13)18(14)26-19)8-9-22(16)11-12-2-1-3-12;1-5-6(2,3)4;1-2;/h5-6,15,17,19,22,26-27H,2-4,7-14H2,1H3;4-5,12,15-16,19,23-25H,1-3,6-11H2;1-2H3;1H3;1H4/t17-,19+,22-,23-,24+;15-,16+,19-,20-,21+;;;/m00.../s1. The third-order valence-corrected chi connectivity index (χ3v) is 18.0. The fraction of sp³-hybridized carbons (Fsp3) is 0.755. The minimum Gasteiger partial charge on any atom is -0.504 e. The number of hydrogen-bond acceptors (Lipinski definition) is 14. The highest BCUT2D eigenvalue weighted by Gasteiger charge is 2.74. The molecule has 0 unspecified atom stereocenters. The first-order chi connectivity index (χ1) is 30.7. The SMILES string of the molecule is C.CBr.COCCOc1ccc2c3c1O[C@H]1[C@@H](O)CC[C@@]4(O)[C@@H](C2)N(CC2CCC2)CC[C@]314.COS(C)(=O)=O.Oc1ccc2c3c1O[C@H]1[C@@H](O)CC[C@@]4(O)[C@@H](C2)N(CC2CCC2)CC[C@]314. The van der Waals surface area contributed by atoms with Crippen LogP contribution in [-0.4, -0.2) is 157 Å². The van der Waals surface area contributed by atoms with Gasteiger partial charge in [-0.2, -0.15) is 8.42 Å². The van der Waals surface area contributed by atoms with E-state index in [1.807, 2.05) is 18.0 Å². The number of piperidine rings is 2. The molecule has 16 heteroatoms. The summed E-state index contributed by atoms with van der Waals surface area (Å²) in [6, 6.07) is 8.06. The Hall–Kier alpha value is -2.25. The average molecular weight is 994 g/mol. The van der Waals surface area contributed by atoms with E-state index in [4.69, 9.17) is 18.9 Å².